The maximum atomic E-state index is 2.95. The standard InChI is InChI=1S/C50H54BN3Si/c1-31-20-21-41-36(26-31)47(2)22-11-13-24-49(47,4)53(41)32-27-42-44-43(28-32)54-46-37(48(3)23-12-14-25-50(48,54)5)29-33(55(6,7)8)30-39(46)51(44)38-18-15-17-35-34-16-9-10-19-40(34)52(42)45(35)38/h9-10,15-21,26-30H,11-14,22-25H2,1-8H3. The van der Waals surface area contributed by atoms with E-state index in [0.717, 1.165) is 0 Å². The normalized spacial score (nSPS) is 28.3. The number of aromatic nitrogens is 1. The number of rotatable bonds is 2. The molecule has 0 amide bonds. The van der Waals surface area contributed by atoms with Crippen LogP contribution in [0.15, 0.2) is 84.9 Å². The van der Waals surface area contributed by atoms with Crippen molar-refractivity contribution in [1.82, 2.24) is 4.57 Å². The minimum Gasteiger partial charge on any atom is -0.335 e. The molecule has 4 unspecified atom stereocenters. The SMILES string of the molecule is Cc1ccc2c(c1)C1(C)CCCCC1(C)N2c1cc2c3c(c1)-n1c4ccccc4c4cccc(c41)B3c1cc([Si](C)(C)C)cc3c1N2C1(C)CCCCC31C. The summed E-state index contributed by atoms with van der Waals surface area (Å²) in [6, 6.07) is 34.5. The van der Waals surface area contributed by atoms with Gasteiger partial charge < -0.3 is 14.4 Å². The number of fused-ring (bicyclic) bond motifs is 13. The van der Waals surface area contributed by atoms with Crippen molar-refractivity contribution in [2.45, 2.75) is 128 Å². The van der Waals surface area contributed by atoms with Crippen molar-refractivity contribution in [3.63, 3.8) is 0 Å². The lowest BCUT2D eigenvalue weighted by Crippen LogP contribution is -2.64. The van der Waals surface area contributed by atoms with Crippen molar-refractivity contribution in [2.24, 2.45) is 0 Å². The van der Waals surface area contributed by atoms with Gasteiger partial charge in [-0.2, -0.15) is 0 Å². The Morgan fingerprint density at radius 2 is 1.27 bits per heavy atom. The molecule has 3 nitrogen and oxygen atoms in total. The number of benzene rings is 5. The van der Waals surface area contributed by atoms with Crippen molar-refractivity contribution in [3.05, 3.63) is 102 Å². The van der Waals surface area contributed by atoms with E-state index in [4.69, 9.17) is 0 Å². The Balaban J connectivity index is 1.25. The molecule has 6 aromatic rings. The molecule has 276 valence electrons. The zero-order chi connectivity index (χ0) is 37.6. The monoisotopic (exact) mass is 735 g/mol. The first-order chi connectivity index (χ1) is 26.3. The van der Waals surface area contributed by atoms with E-state index in [9.17, 15) is 0 Å². The second-order valence-corrected chi connectivity index (χ2v) is 25.5. The van der Waals surface area contributed by atoms with E-state index in [1.807, 2.05) is 0 Å². The molecule has 5 aromatic carbocycles. The highest BCUT2D eigenvalue weighted by Crippen LogP contribution is 2.64. The first-order valence-corrected chi connectivity index (χ1v) is 24.9. The molecule has 12 rings (SSSR count). The third-order valence-corrected chi connectivity index (χ3v) is 18.9. The molecule has 2 aliphatic carbocycles. The lowest BCUT2D eigenvalue weighted by Gasteiger charge is -2.53. The van der Waals surface area contributed by atoms with Crippen LogP contribution in [0.1, 0.15) is 95.8 Å². The number of hydrogen-bond acceptors (Lipinski definition) is 2. The average Bonchev–Trinajstić information content (AvgIpc) is 3.69. The molecule has 55 heavy (non-hydrogen) atoms. The summed E-state index contributed by atoms with van der Waals surface area (Å²) in [5.41, 5.74) is 19.2. The van der Waals surface area contributed by atoms with Crippen molar-refractivity contribution in [1.29, 1.82) is 0 Å². The minimum atomic E-state index is -1.65. The molecule has 4 atom stereocenters. The molecule has 2 saturated carbocycles. The lowest BCUT2D eigenvalue weighted by molar-refractivity contribution is 0.194. The Hall–Kier alpha value is -4.22. The van der Waals surface area contributed by atoms with E-state index < -0.39 is 8.07 Å². The molecule has 5 heterocycles. The molecule has 0 saturated heterocycles. The van der Waals surface area contributed by atoms with E-state index in [-0.39, 0.29) is 28.6 Å². The molecular formula is C50H54BN3Si. The number of hydrogen-bond donors (Lipinski definition) is 0. The molecular weight excluding hydrogens is 681 g/mol. The largest absolute Gasteiger partial charge is 0.335 e. The first-order valence-electron chi connectivity index (χ1n) is 21.4. The Kier molecular flexibility index (Phi) is 6.11. The third-order valence-electron chi connectivity index (χ3n) is 16.9. The summed E-state index contributed by atoms with van der Waals surface area (Å²) >= 11 is 0. The summed E-state index contributed by atoms with van der Waals surface area (Å²) in [4.78, 5) is 5.80. The van der Waals surface area contributed by atoms with Crippen LogP contribution in [-0.4, -0.2) is 30.4 Å². The van der Waals surface area contributed by atoms with Crippen LogP contribution in [0, 0.1) is 6.92 Å². The van der Waals surface area contributed by atoms with Gasteiger partial charge in [0.2, 0.25) is 0 Å². The summed E-state index contributed by atoms with van der Waals surface area (Å²) in [6.07, 6.45) is 10.1. The van der Waals surface area contributed by atoms with Crippen LogP contribution in [0.3, 0.4) is 0 Å². The van der Waals surface area contributed by atoms with Gasteiger partial charge in [0.1, 0.15) is 0 Å². The van der Waals surface area contributed by atoms with Gasteiger partial charge in [-0.05, 0) is 98.2 Å². The Bertz CT molecular complexity index is 2720. The predicted octanol–water partition coefficient (Wildman–Crippen LogP) is 10.3. The van der Waals surface area contributed by atoms with E-state index in [2.05, 4.69) is 154 Å². The summed E-state index contributed by atoms with van der Waals surface area (Å²) in [6.45, 7) is 20.6. The molecule has 5 heteroatoms. The molecule has 6 aliphatic rings. The van der Waals surface area contributed by atoms with Gasteiger partial charge in [-0.25, -0.2) is 0 Å². The van der Waals surface area contributed by atoms with Crippen LogP contribution >= 0.6 is 0 Å². The highest BCUT2D eigenvalue weighted by Gasteiger charge is 2.62. The zero-order valence-corrected chi connectivity index (χ0v) is 35.2. The van der Waals surface area contributed by atoms with Crippen LogP contribution < -0.4 is 31.4 Å². The third kappa shape index (κ3) is 3.68. The molecule has 1 aromatic heterocycles. The predicted molar refractivity (Wildman–Crippen MR) is 239 cm³/mol. The molecule has 0 N–H and O–H groups in total. The second kappa shape index (κ2) is 10.2. The zero-order valence-electron chi connectivity index (χ0n) is 34.2. The van der Waals surface area contributed by atoms with Crippen molar-refractivity contribution in [3.8, 4) is 5.69 Å². The fourth-order valence-electron chi connectivity index (χ4n) is 13.6. The smallest absolute Gasteiger partial charge is 0.252 e. The summed E-state index contributed by atoms with van der Waals surface area (Å²) in [5, 5.41) is 4.36. The van der Waals surface area contributed by atoms with E-state index in [0.29, 0.717) is 0 Å². The lowest BCUT2D eigenvalue weighted by atomic mass is 9.33. The Morgan fingerprint density at radius 1 is 0.600 bits per heavy atom. The number of aryl methyl sites for hydroxylation is 1. The Morgan fingerprint density at radius 3 is 2.04 bits per heavy atom. The van der Waals surface area contributed by atoms with E-state index in [1.54, 1.807) is 27.5 Å². The highest BCUT2D eigenvalue weighted by molar-refractivity contribution is 7.01. The molecule has 0 spiro atoms. The number of para-hydroxylation sites is 2. The first kappa shape index (κ1) is 33.0. The van der Waals surface area contributed by atoms with Crippen LogP contribution in [0.2, 0.25) is 19.6 Å². The van der Waals surface area contributed by atoms with Gasteiger partial charge in [0.25, 0.3) is 6.71 Å². The average molecular weight is 736 g/mol. The fourth-order valence-corrected chi connectivity index (χ4v) is 14.7. The van der Waals surface area contributed by atoms with Gasteiger partial charge in [0.05, 0.1) is 24.7 Å². The summed E-state index contributed by atoms with van der Waals surface area (Å²) in [7, 11) is -1.65. The fraction of sp³-hybridized carbons (Fsp3) is 0.400. The van der Waals surface area contributed by atoms with Gasteiger partial charge in [-0.1, -0.05) is 131 Å². The molecule has 4 aliphatic heterocycles. The van der Waals surface area contributed by atoms with E-state index >= 15 is 0 Å². The van der Waals surface area contributed by atoms with Crippen molar-refractivity contribution >= 4 is 80.9 Å². The quantitative estimate of drug-likeness (QED) is 0.164. The maximum Gasteiger partial charge on any atom is 0.252 e. The van der Waals surface area contributed by atoms with Gasteiger partial charge in [-0.3, -0.25) is 0 Å². The molecule has 0 bridgehead atoms. The summed E-state index contributed by atoms with van der Waals surface area (Å²) < 4.78 is 2.69. The summed E-state index contributed by atoms with van der Waals surface area (Å²) in [5.74, 6) is 0. The topological polar surface area (TPSA) is 11.4 Å². The highest BCUT2D eigenvalue weighted by atomic mass is 28.3. The second-order valence-electron chi connectivity index (χ2n) is 20.5. The molecule has 0 radical (unpaired) electrons. The molecule has 2 fully saturated rings. The minimum absolute atomic E-state index is 0.00785. The number of nitrogens with zero attached hydrogens (tertiary/aromatic N) is 3. The van der Waals surface area contributed by atoms with Gasteiger partial charge in [-0.15, -0.1) is 0 Å². The van der Waals surface area contributed by atoms with Crippen molar-refractivity contribution < 1.29 is 0 Å². The van der Waals surface area contributed by atoms with Crippen molar-refractivity contribution in [2.75, 3.05) is 9.80 Å². The van der Waals surface area contributed by atoms with Crippen LogP contribution in [-0.2, 0) is 10.8 Å². The number of anilines is 4. The van der Waals surface area contributed by atoms with Crippen LogP contribution in [0.25, 0.3) is 27.5 Å². The van der Waals surface area contributed by atoms with E-state index in [1.165, 1.54) is 112 Å². The van der Waals surface area contributed by atoms with Gasteiger partial charge in [0.15, 0.2) is 0 Å². The Labute approximate surface area is 328 Å². The van der Waals surface area contributed by atoms with Crippen LogP contribution in [0.5, 0.6) is 0 Å². The van der Waals surface area contributed by atoms with Crippen LogP contribution in [0.4, 0.5) is 22.7 Å². The van der Waals surface area contributed by atoms with Gasteiger partial charge in [0, 0.05) is 55.6 Å². The van der Waals surface area contributed by atoms with Gasteiger partial charge >= 0.3 is 0 Å². The maximum absolute atomic E-state index is 2.95.